The van der Waals surface area contributed by atoms with Crippen molar-refractivity contribution in [3.8, 4) is 16.9 Å². The van der Waals surface area contributed by atoms with Crippen LogP contribution in [0.1, 0.15) is 30.5 Å². The number of methoxy groups -OCH3 is 2. The first-order valence-corrected chi connectivity index (χ1v) is 12.1. The summed E-state index contributed by atoms with van der Waals surface area (Å²) in [5.74, 6) is 0.643. The molecule has 0 fully saturated rings. The van der Waals surface area contributed by atoms with Gasteiger partial charge in [-0.2, -0.15) is 0 Å². The third-order valence-corrected chi connectivity index (χ3v) is 5.89. The number of pyridine rings is 1. The molecule has 1 heterocycles. The van der Waals surface area contributed by atoms with Crippen LogP contribution in [0.2, 0.25) is 0 Å². The van der Waals surface area contributed by atoms with E-state index in [9.17, 15) is 13.2 Å². The highest BCUT2D eigenvalue weighted by Crippen LogP contribution is 2.39. The van der Waals surface area contributed by atoms with Gasteiger partial charge < -0.3 is 14.5 Å². The largest absolute Gasteiger partial charge is 0.496 e. The van der Waals surface area contributed by atoms with Crippen molar-refractivity contribution in [2.24, 2.45) is 0 Å². The third-order valence-electron chi connectivity index (χ3n) is 5.28. The van der Waals surface area contributed by atoms with Crippen LogP contribution in [-0.4, -0.2) is 33.9 Å². The zero-order chi connectivity index (χ0) is 24.2. The van der Waals surface area contributed by atoms with E-state index in [1.807, 2.05) is 50.3 Å². The van der Waals surface area contributed by atoms with E-state index in [0.717, 1.165) is 28.5 Å². The minimum Gasteiger partial charge on any atom is -0.496 e. The van der Waals surface area contributed by atoms with Gasteiger partial charge in [-0.3, -0.25) is 9.52 Å². The van der Waals surface area contributed by atoms with Gasteiger partial charge in [0.25, 0.3) is 5.56 Å². The summed E-state index contributed by atoms with van der Waals surface area (Å²) in [7, 11) is -0.107. The van der Waals surface area contributed by atoms with Gasteiger partial charge in [0, 0.05) is 35.7 Å². The molecule has 2 aromatic carbocycles. The van der Waals surface area contributed by atoms with Gasteiger partial charge in [0.15, 0.2) is 0 Å². The monoisotopic (exact) mass is 468 g/mol. The Morgan fingerprint density at radius 2 is 1.73 bits per heavy atom. The quantitative estimate of drug-likeness (QED) is 0.475. The number of hydrogen-bond donors (Lipinski definition) is 2. The molecule has 0 bridgehead atoms. The van der Waals surface area contributed by atoms with Crippen molar-refractivity contribution >= 4 is 27.9 Å². The maximum atomic E-state index is 12.4. The van der Waals surface area contributed by atoms with Crippen molar-refractivity contribution in [1.82, 2.24) is 4.98 Å². The average molecular weight is 469 g/mol. The summed E-state index contributed by atoms with van der Waals surface area (Å²) in [4.78, 5) is 15.2. The third kappa shape index (κ3) is 5.91. The molecule has 33 heavy (non-hydrogen) atoms. The van der Waals surface area contributed by atoms with E-state index >= 15 is 0 Å². The van der Waals surface area contributed by atoms with Crippen LogP contribution in [-0.2, 0) is 20.4 Å². The lowest BCUT2D eigenvalue weighted by Crippen LogP contribution is -2.21. The Balaban J connectivity index is 2.10. The minimum atomic E-state index is -3.33. The second kappa shape index (κ2) is 9.64. The molecule has 2 N–H and O–H groups in total. The lowest BCUT2D eigenvalue weighted by molar-refractivity contribution is 0.0173. The summed E-state index contributed by atoms with van der Waals surface area (Å²) < 4.78 is 36.7. The predicted octanol–water partition coefficient (Wildman–Crippen LogP) is 4.47. The molecule has 174 valence electrons. The fourth-order valence-electron chi connectivity index (χ4n) is 3.43. The molecular weight excluding hydrogens is 440 g/mol. The maximum absolute atomic E-state index is 12.4. The van der Waals surface area contributed by atoms with E-state index in [-0.39, 0.29) is 5.56 Å². The molecule has 1 aromatic heterocycles. The predicted molar refractivity (Wildman–Crippen MR) is 133 cm³/mol. The number of ether oxygens (including phenoxy) is 2. The summed E-state index contributed by atoms with van der Waals surface area (Å²) >= 11 is 0. The summed E-state index contributed by atoms with van der Waals surface area (Å²) in [5, 5.41) is 0. The average Bonchev–Trinajstić information content (AvgIpc) is 2.77. The molecule has 3 aromatic rings. The zero-order valence-corrected chi connectivity index (χ0v) is 20.1. The number of benzene rings is 2. The van der Waals surface area contributed by atoms with Crippen LogP contribution in [0, 0.1) is 0 Å². The number of hydrogen-bond acceptors (Lipinski definition) is 5. The van der Waals surface area contributed by atoms with Gasteiger partial charge in [0.2, 0.25) is 10.0 Å². The van der Waals surface area contributed by atoms with Crippen molar-refractivity contribution in [2.75, 3.05) is 25.2 Å². The van der Waals surface area contributed by atoms with Crippen molar-refractivity contribution in [2.45, 2.75) is 19.4 Å². The molecule has 0 atom stereocenters. The zero-order valence-electron chi connectivity index (χ0n) is 19.3. The Morgan fingerprint density at radius 1 is 1.03 bits per heavy atom. The minimum absolute atomic E-state index is 0.187. The van der Waals surface area contributed by atoms with Gasteiger partial charge in [-0.25, -0.2) is 8.42 Å². The highest BCUT2D eigenvalue weighted by molar-refractivity contribution is 7.92. The van der Waals surface area contributed by atoms with E-state index in [1.54, 1.807) is 44.7 Å². The van der Waals surface area contributed by atoms with Gasteiger partial charge in [-0.15, -0.1) is 0 Å². The summed E-state index contributed by atoms with van der Waals surface area (Å²) in [5.41, 5.74) is 3.37. The standard InChI is InChI=1S/C25H28N2O5S/c1-25(2,32-4)22-16-19(21-7-6-14-26-24(21)28)15-18(23(22)31-3)11-8-17-9-12-20(13-10-17)27-33(5,29)30/h6-16,27H,1-5H3,(H,26,28). The van der Waals surface area contributed by atoms with Crippen molar-refractivity contribution in [3.05, 3.63) is 81.8 Å². The molecule has 7 nitrogen and oxygen atoms in total. The summed E-state index contributed by atoms with van der Waals surface area (Å²) in [6.07, 6.45) is 6.49. The smallest absolute Gasteiger partial charge is 0.255 e. The SMILES string of the molecule is COc1c(C=Cc2ccc(NS(C)(=O)=O)cc2)cc(-c2ccc[nH]c2=O)cc1C(C)(C)OC. The normalized spacial score (nSPS) is 12.2. The second-order valence-electron chi connectivity index (χ2n) is 8.10. The lowest BCUT2D eigenvalue weighted by Gasteiger charge is -2.27. The molecule has 0 amide bonds. The first-order valence-electron chi connectivity index (χ1n) is 10.3. The number of aromatic amines is 1. The summed E-state index contributed by atoms with van der Waals surface area (Å²) in [6, 6.07) is 14.4. The number of rotatable bonds is 8. The number of anilines is 1. The lowest BCUT2D eigenvalue weighted by atomic mass is 9.90. The van der Waals surface area contributed by atoms with Gasteiger partial charge >= 0.3 is 0 Å². The fraction of sp³-hybridized carbons (Fsp3) is 0.240. The van der Waals surface area contributed by atoms with Gasteiger partial charge in [0.05, 0.1) is 19.0 Å². The molecule has 3 rings (SSSR count). The summed E-state index contributed by atoms with van der Waals surface area (Å²) in [6.45, 7) is 3.87. The van der Waals surface area contributed by atoms with Crippen LogP contribution >= 0.6 is 0 Å². The molecule has 0 spiro atoms. The first kappa shape index (κ1) is 24.3. The molecular formula is C25H28N2O5S. The first-order chi connectivity index (χ1) is 15.5. The Bertz CT molecular complexity index is 1320. The fourth-order valence-corrected chi connectivity index (χ4v) is 3.99. The Hall–Kier alpha value is -3.36. The number of sulfonamides is 1. The van der Waals surface area contributed by atoms with E-state index in [1.165, 1.54) is 0 Å². The molecule has 0 aliphatic carbocycles. The van der Waals surface area contributed by atoms with E-state index in [2.05, 4.69) is 9.71 Å². The Labute approximate surface area is 194 Å². The Kier molecular flexibility index (Phi) is 7.09. The molecule has 0 radical (unpaired) electrons. The Morgan fingerprint density at radius 3 is 2.30 bits per heavy atom. The van der Waals surface area contributed by atoms with Gasteiger partial charge in [0.1, 0.15) is 5.75 Å². The van der Waals surface area contributed by atoms with Crippen LogP contribution in [0.5, 0.6) is 5.75 Å². The van der Waals surface area contributed by atoms with E-state index in [4.69, 9.17) is 9.47 Å². The molecule has 0 unspecified atom stereocenters. The maximum Gasteiger partial charge on any atom is 0.255 e. The molecule has 0 aliphatic rings. The molecule has 8 heteroatoms. The number of nitrogens with one attached hydrogen (secondary N) is 2. The van der Waals surface area contributed by atoms with Crippen molar-refractivity contribution in [3.63, 3.8) is 0 Å². The number of H-pyrrole nitrogens is 1. The van der Waals surface area contributed by atoms with Crippen molar-refractivity contribution < 1.29 is 17.9 Å². The molecule has 0 saturated heterocycles. The van der Waals surface area contributed by atoms with Crippen LogP contribution < -0.4 is 15.0 Å². The second-order valence-corrected chi connectivity index (χ2v) is 9.85. The highest BCUT2D eigenvalue weighted by atomic mass is 32.2. The van der Waals surface area contributed by atoms with Gasteiger partial charge in [-0.05, 0) is 61.4 Å². The van der Waals surface area contributed by atoms with Crippen LogP contribution in [0.15, 0.2) is 59.5 Å². The van der Waals surface area contributed by atoms with Crippen LogP contribution in [0.3, 0.4) is 0 Å². The molecule has 0 aliphatic heterocycles. The van der Waals surface area contributed by atoms with Crippen molar-refractivity contribution in [1.29, 1.82) is 0 Å². The topological polar surface area (TPSA) is 97.5 Å². The van der Waals surface area contributed by atoms with E-state index < -0.39 is 15.6 Å². The van der Waals surface area contributed by atoms with E-state index in [0.29, 0.717) is 17.0 Å². The highest BCUT2D eigenvalue weighted by Gasteiger charge is 2.26. The number of aromatic nitrogens is 1. The van der Waals surface area contributed by atoms with Gasteiger partial charge in [-0.1, -0.05) is 24.3 Å². The van der Waals surface area contributed by atoms with Crippen LogP contribution in [0.25, 0.3) is 23.3 Å². The van der Waals surface area contributed by atoms with Crippen LogP contribution in [0.4, 0.5) is 5.69 Å². The molecule has 0 saturated carbocycles.